The Morgan fingerprint density at radius 2 is 1.64 bits per heavy atom. The summed E-state index contributed by atoms with van der Waals surface area (Å²) in [6, 6.07) is 9.61. The Bertz CT molecular complexity index is 248. The predicted octanol–water partition coefficient (Wildman–Crippen LogP) is 0.191. The van der Waals surface area contributed by atoms with Crippen molar-refractivity contribution in [2.45, 2.75) is 12.5 Å². The smallest absolute Gasteiger partial charge is 0.0824 e. The molecule has 3 nitrogen and oxygen atoms in total. The van der Waals surface area contributed by atoms with E-state index in [-0.39, 0.29) is 19.1 Å². The number of hydrogen-bond acceptors (Lipinski definition) is 3. The molecule has 0 fully saturated rings. The number of benzene rings is 1. The molecule has 2 atom stereocenters. The molecule has 14 heavy (non-hydrogen) atoms. The number of aliphatic hydroxyl groups excluding tert-OH is 3. The van der Waals surface area contributed by atoms with Gasteiger partial charge in [-0.25, -0.2) is 0 Å². The molecular formula is C11H16O3. The molecule has 0 bridgehead atoms. The SMILES string of the molecule is OC[C@@H](Cc1ccccc1)[C@@H](O)CO. The van der Waals surface area contributed by atoms with Gasteiger partial charge in [0.05, 0.1) is 12.7 Å². The van der Waals surface area contributed by atoms with E-state index in [1.165, 1.54) is 0 Å². The fourth-order valence-electron chi connectivity index (χ4n) is 1.39. The van der Waals surface area contributed by atoms with Crippen LogP contribution in [-0.4, -0.2) is 34.6 Å². The maximum Gasteiger partial charge on any atom is 0.0824 e. The zero-order chi connectivity index (χ0) is 10.4. The van der Waals surface area contributed by atoms with Crippen LogP contribution in [0.5, 0.6) is 0 Å². The summed E-state index contributed by atoms with van der Waals surface area (Å²) in [6.07, 6.45) is -0.265. The van der Waals surface area contributed by atoms with Crippen LogP contribution in [-0.2, 0) is 6.42 Å². The minimum Gasteiger partial charge on any atom is -0.396 e. The highest BCUT2D eigenvalue weighted by Crippen LogP contribution is 2.11. The molecule has 1 aromatic carbocycles. The molecule has 3 N–H and O–H groups in total. The van der Waals surface area contributed by atoms with Crippen LogP contribution in [0.3, 0.4) is 0 Å². The predicted molar refractivity (Wildman–Crippen MR) is 53.8 cm³/mol. The second-order valence-corrected chi connectivity index (χ2v) is 3.38. The van der Waals surface area contributed by atoms with E-state index in [0.29, 0.717) is 6.42 Å². The average molecular weight is 196 g/mol. The van der Waals surface area contributed by atoms with Gasteiger partial charge in [0.2, 0.25) is 0 Å². The first-order chi connectivity index (χ1) is 6.77. The second kappa shape index (κ2) is 5.75. The highest BCUT2D eigenvalue weighted by molar-refractivity contribution is 5.15. The highest BCUT2D eigenvalue weighted by Gasteiger charge is 2.17. The molecule has 0 heterocycles. The minimum absolute atomic E-state index is 0.114. The topological polar surface area (TPSA) is 60.7 Å². The van der Waals surface area contributed by atoms with Gasteiger partial charge in [-0.15, -0.1) is 0 Å². The van der Waals surface area contributed by atoms with Gasteiger partial charge < -0.3 is 15.3 Å². The standard InChI is InChI=1S/C11H16O3/c12-7-10(11(14)8-13)6-9-4-2-1-3-5-9/h1-5,10-14H,6-8H2/t10-,11+/m1/s1. The lowest BCUT2D eigenvalue weighted by Crippen LogP contribution is -2.28. The van der Waals surface area contributed by atoms with Gasteiger partial charge in [0.15, 0.2) is 0 Å². The molecule has 1 rings (SSSR count). The van der Waals surface area contributed by atoms with E-state index >= 15 is 0 Å². The van der Waals surface area contributed by atoms with Gasteiger partial charge in [0, 0.05) is 12.5 Å². The normalized spacial score (nSPS) is 15.1. The Labute approximate surface area is 83.6 Å². The summed E-state index contributed by atoms with van der Waals surface area (Å²) in [7, 11) is 0. The summed E-state index contributed by atoms with van der Waals surface area (Å²) in [5.41, 5.74) is 1.05. The van der Waals surface area contributed by atoms with Crippen molar-refractivity contribution >= 4 is 0 Å². The summed E-state index contributed by atoms with van der Waals surface area (Å²) in [5.74, 6) is -0.289. The zero-order valence-corrected chi connectivity index (χ0v) is 8.00. The third-order valence-electron chi connectivity index (χ3n) is 2.31. The van der Waals surface area contributed by atoms with Crippen molar-refractivity contribution < 1.29 is 15.3 Å². The Morgan fingerprint density at radius 1 is 1.00 bits per heavy atom. The molecule has 0 unspecified atom stereocenters. The van der Waals surface area contributed by atoms with Crippen molar-refractivity contribution in [2.24, 2.45) is 5.92 Å². The van der Waals surface area contributed by atoms with Crippen LogP contribution >= 0.6 is 0 Å². The molecule has 78 valence electrons. The van der Waals surface area contributed by atoms with E-state index in [2.05, 4.69) is 0 Å². The third kappa shape index (κ3) is 3.10. The first-order valence-corrected chi connectivity index (χ1v) is 4.71. The van der Waals surface area contributed by atoms with Crippen LogP contribution in [0, 0.1) is 5.92 Å². The monoisotopic (exact) mass is 196 g/mol. The van der Waals surface area contributed by atoms with Crippen molar-refractivity contribution in [2.75, 3.05) is 13.2 Å². The Kier molecular flexibility index (Phi) is 4.59. The first kappa shape index (κ1) is 11.2. The van der Waals surface area contributed by atoms with E-state index in [1.54, 1.807) is 0 Å². The van der Waals surface area contributed by atoms with E-state index < -0.39 is 6.10 Å². The molecule has 0 amide bonds. The van der Waals surface area contributed by atoms with Gasteiger partial charge in [-0.1, -0.05) is 30.3 Å². The van der Waals surface area contributed by atoms with Crippen molar-refractivity contribution in [3.8, 4) is 0 Å². The van der Waals surface area contributed by atoms with Gasteiger partial charge in [-0.3, -0.25) is 0 Å². The van der Waals surface area contributed by atoms with Crippen LogP contribution in [0.2, 0.25) is 0 Å². The van der Waals surface area contributed by atoms with Crippen molar-refractivity contribution in [1.29, 1.82) is 0 Å². The number of rotatable bonds is 5. The van der Waals surface area contributed by atoms with Crippen molar-refractivity contribution in [3.63, 3.8) is 0 Å². The lowest BCUT2D eigenvalue weighted by molar-refractivity contribution is 0.0228. The Morgan fingerprint density at radius 3 is 2.14 bits per heavy atom. The minimum atomic E-state index is -0.847. The zero-order valence-electron chi connectivity index (χ0n) is 8.00. The number of aliphatic hydroxyl groups is 3. The van der Waals surface area contributed by atoms with Gasteiger partial charge in [0.25, 0.3) is 0 Å². The van der Waals surface area contributed by atoms with Crippen LogP contribution < -0.4 is 0 Å². The highest BCUT2D eigenvalue weighted by atomic mass is 16.3. The van der Waals surface area contributed by atoms with Gasteiger partial charge in [-0.2, -0.15) is 0 Å². The molecule has 3 heteroatoms. The third-order valence-corrected chi connectivity index (χ3v) is 2.31. The fourth-order valence-corrected chi connectivity index (χ4v) is 1.39. The summed E-state index contributed by atoms with van der Waals surface area (Å²) in [5, 5.41) is 27.1. The molecule has 1 aromatic rings. The lowest BCUT2D eigenvalue weighted by Gasteiger charge is -2.18. The van der Waals surface area contributed by atoms with Gasteiger partial charge in [0.1, 0.15) is 0 Å². The van der Waals surface area contributed by atoms with E-state index in [9.17, 15) is 5.11 Å². The van der Waals surface area contributed by atoms with Crippen molar-refractivity contribution in [1.82, 2.24) is 0 Å². The van der Waals surface area contributed by atoms with Crippen LogP contribution in [0.15, 0.2) is 30.3 Å². The molecule has 0 aliphatic carbocycles. The van der Waals surface area contributed by atoms with Crippen LogP contribution in [0.1, 0.15) is 5.56 Å². The summed E-state index contributed by atoms with van der Waals surface area (Å²) >= 11 is 0. The maximum atomic E-state index is 9.37. The molecule has 0 aliphatic heterocycles. The van der Waals surface area contributed by atoms with E-state index in [0.717, 1.165) is 5.56 Å². The maximum absolute atomic E-state index is 9.37. The summed E-state index contributed by atoms with van der Waals surface area (Å²) < 4.78 is 0. The Hall–Kier alpha value is -0.900. The molecule has 0 aromatic heterocycles. The van der Waals surface area contributed by atoms with E-state index in [1.807, 2.05) is 30.3 Å². The molecule has 0 saturated carbocycles. The van der Waals surface area contributed by atoms with Crippen LogP contribution in [0.4, 0.5) is 0 Å². The van der Waals surface area contributed by atoms with E-state index in [4.69, 9.17) is 10.2 Å². The lowest BCUT2D eigenvalue weighted by atomic mass is 9.95. The van der Waals surface area contributed by atoms with Crippen LogP contribution in [0.25, 0.3) is 0 Å². The average Bonchev–Trinajstić information content (AvgIpc) is 2.26. The Balaban J connectivity index is 2.57. The molecule has 0 radical (unpaired) electrons. The molecule has 0 saturated heterocycles. The molecule has 0 spiro atoms. The number of hydrogen-bond donors (Lipinski definition) is 3. The summed E-state index contributed by atoms with van der Waals surface area (Å²) in [6.45, 7) is -0.422. The quantitative estimate of drug-likeness (QED) is 0.630. The molecule has 0 aliphatic rings. The fraction of sp³-hybridized carbons (Fsp3) is 0.455. The first-order valence-electron chi connectivity index (χ1n) is 4.71. The van der Waals surface area contributed by atoms with Gasteiger partial charge >= 0.3 is 0 Å². The second-order valence-electron chi connectivity index (χ2n) is 3.38. The largest absolute Gasteiger partial charge is 0.396 e. The molecular weight excluding hydrogens is 180 g/mol. The summed E-state index contributed by atoms with van der Waals surface area (Å²) in [4.78, 5) is 0. The van der Waals surface area contributed by atoms with Gasteiger partial charge in [-0.05, 0) is 12.0 Å². The van der Waals surface area contributed by atoms with Crippen molar-refractivity contribution in [3.05, 3.63) is 35.9 Å².